The lowest BCUT2D eigenvalue weighted by molar-refractivity contribution is -0.145. The Bertz CT molecular complexity index is 1460. The fraction of sp³-hybridized carbons (Fsp3) is 0.472. The van der Waals surface area contributed by atoms with Crippen LogP contribution in [0.4, 0.5) is 0 Å². The fourth-order valence-corrected chi connectivity index (χ4v) is 5.37. The van der Waals surface area contributed by atoms with Crippen molar-refractivity contribution in [3.05, 3.63) is 59.2 Å². The summed E-state index contributed by atoms with van der Waals surface area (Å²) < 4.78 is 34.0. The zero-order valence-electron chi connectivity index (χ0n) is 26.6. The second-order valence-corrected chi connectivity index (χ2v) is 10.8. The Balaban J connectivity index is 1.35. The predicted octanol–water partition coefficient (Wildman–Crippen LogP) is 6.82. The molecule has 3 aromatic rings. The molecule has 45 heavy (non-hydrogen) atoms. The molecule has 4 rings (SSSR count). The first-order valence-corrected chi connectivity index (χ1v) is 16.0. The van der Waals surface area contributed by atoms with Crippen LogP contribution in [0.5, 0.6) is 23.0 Å². The van der Waals surface area contributed by atoms with E-state index in [1.165, 1.54) is 0 Å². The molecular weight excluding hydrogens is 576 g/mol. The van der Waals surface area contributed by atoms with E-state index in [0.717, 1.165) is 59.8 Å². The third-order valence-corrected chi connectivity index (χ3v) is 7.51. The van der Waals surface area contributed by atoms with E-state index in [9.17, 15) is 14.4 Å². The van der Waals surface area contributed by atoms with Crippen LogP contribution in [0.3, 0.4) is 0 Å². The Morgan fingerprint density at radius 1 is 0.778 bits per heavy atom. The molecule has 0 saturated carbocycles. The van der Waals surface area contributed by atoms with Crippen molar-refractivity contribution in [1.82, 2.24) is 0 Å². The first kappa shape index (κ1) is 33.6. The van der Waals surface area contributed by atoms with E-state index in [1.54, 1.807) is 19.9 Å². The maximum atomic E-state index is 12.3. The van der Waals surface area contributed by atoms with Crippen molar-refractivity contribution in [1.29, 1.82) is 0 Å². The van der Waals surface area contributed by atoms with Crippen molar-refractivity contribution in [3.8, 4) is 23.0 Å². The summed E-state index contributed by atoms with van der Waals surface area (Å²) in [5.74, 6) is 2.13. The van der Waals surface area contributed by atoms with Gasteiger partial charge in [-0.2, -0.15) is 0 Å². The average Bonchev–Trinajstić information content (AvgIpc) is 3.03. The Morgan fingerprint density at radius 3 is 2.20 bits per heavy atom. The maximum Gasteiger partial charge on any atom is 0.344 e. The molecule has 1 aliphatic rings. The van der Waals surface area contributed by atoms with E-state index in [-0.39, 0.29) is 24.8 Å². The molecule has 0 radical (unpaired) electrons. The molecule has 1 aliphatic heterocycles. The molecule has 0 atom stereocenters. The van der Waals surface area contributed by atoms with Gasteiger partial charge in [-0.15, -0.1) is 0 Å². The Hall–Kier alpha value is -4.27. The van der Waals surface area contributed by atoms with Gasteiger partial charge in [0, 0.05) is 24.0 Å². The minimum absolute atomic E-state index is 0.124. The highest BCUT2D eigenvalue weighted by Gasteiger charge is 2.24. The van der Waals surface area contributed by atoms with Gasteiger partial charge in [-0.3, -0.25) is 9.59 Å². The Morgan fingerprint density at radius 2 is 1.47 bits per heavy atom. The molecule has 9 nitrogen and oxygen atoms in total. The van der Waals surface area contributed by atoms with Gasteiger partial charge >= 0.3 is 11.9 Å². The van der Waals surface area contributed by atoms with E-state index >= 15 is 0 Å². The summed E-state index contributed by atoms with van der Waals surface area (Å²) >= 11 is 0. The second-order valence-electron chi connectivity index (χ2n) is 10.8. The molecule has 0 spiro atoms. The zero-order valence-corrected chi connectivity index (χ0v) is 26.6. The Labute approximate surface area is 265 Å². The standard InChI is InChI=1S/C36H44O9/c1-4-10-29-33(17-14-28-31(37)19-22-44-36(28)29)43-21-9-7-8-20-42-32-16-12-25-11-13-26(45-24-35(39)41-6-3)23-30(25)27(32)15-18-34(38)40-5-2/h11-14,16-17,23H,4-10,15,18-22,24H2,1-3H3. The van der Waals surface area contributed by atoms with Crippen LogP contribution in [0.2, 0.25) is 0 Å². The van der Waals surface area contributed by atoms with Gasteiger partial charge in [0.25, 0.3) is 0 Å². The van der Waals surface area contributed by atoms with Gasteiger partial charge in [-0.25, -0.2) is 4.79 Å². The third kappa shape index (κ3) is 9.36. The monoisotopic (exact) mass is 620 g/mol. The summed E-state index contributed by atoms with van der Waals surface area (Å²) in [5.41, 5.74) is 2.53. The van der Waals surface area contributed by atoms with Gasteiger partial charge < -0.3 is 28.4 Å². The molecule has 0 N–H and O–H groups in total. The molecule has 0 bridgehead atoms. The number of ketones is 1. The van der Waals surface area contributed by atoms with Crippen molar-refractivity contribution >= 4 is 28.5 Å². The van der Waals surface area contributed by atoms with E-state index in [4.69, 9.17) is 28.4 Å². The molecule has 9 heteroatoms. The molecule has 0 aromatic heterocycles. The number of unbranched alkanes of at least 4 members (excludes halogenated alkanes) is 2. The number of carbonyl (C=O) groups is 3. The lowest BCUT2D eigenvalue weighted by atomic mass is 9.98. The van der Waals surface area contributed by atoms with Crippen LogP contribution >= 0.6 is 0 Å². The first-order valence-electron chi connectivity index (χ1n) is 16.0. The van der Waals surface area contributed by atoms with Crippen molar-refractivity contribution in [2.75, 3.05) is 39.6 Å². The second kappa shape index (κ2) is 17.3. The van der Waals surface area contributed by atoms with Gasteiger partial charge in [0.1, 0.15) is 23.0 Å². The predicted molar refractivity (Wildman–Crippen MR) is 171 cm³/mol. The molecule has 0 unspecified atom stereocenters. The van der Waals surface area contributed by atoms with Crippen LogP contribution < -0.4 is 18.9 Å². The van der Waals surface area contributed by atoms with Gasteiger partial charge in [-0.1, -0.05) is 25.5 Å². The first-order chi connectivity index (χ1) is 21.9. The fourth-order valence-electron chi connectivity index (χ4n) is 5.37. The number of rotatable bonds is 18. The minimum Gasteiger partial charge on any atom is -0.493 e. The smallest absolute Gasteiger partial charge is 0.344 e. The lowest BCUT2D eigenvalue weighted by Gasteiger charge is -2.22. The highest BCUT2D eigenvalue weighted by atomic mass is 16.6. The number of hydrogen-bond acceptors (Lipinski definition) is 9. The van der Waals surface area contributed by atoms with Crippen molar-refractivity contribution in [2.45, 2.75) is 72.1 Å². The van der Waals surface area contributed by atoms with Crippen molar-refractivity contribution in [3.63, 3.8) is 0 Å². The summed E-state index contributed by atoms with van der Waals surface area (Å²) in [6.45, 7) is 7.55. The maximum absolute atomic E-state index is 12.3. The molecule has 3 aromatic carbocycles. The average molecular weight is 621 g/mol. The molecule has 0 aliphatic carbocycles. The Kier molecular flexibility index (Phi) is 12.9. The molecule has 0 amide bonds. The van der Waals surface area contributed by atoms with Gasteiger partial charge in [0.05, 0.1) is 38.6 Å². The molecule has 242 valence electrons. The quantitative estimate of drug-likeness (QED) is 0.112. The zero-order chi connectivity index (χ0) is 32.0. The number of esters is 2. The summed E-state index contributed by atoms with van der Waals surface area (Å²) in [6, 6.07) is 13.2. The van der Waals surface area contributed by atoms with Gasteiger partial charge in [0.15, 0.2) is 12.4 Å². The molecular formula is C36H44O9. The third-order valence-electron chi connectivity index (χ3n) is 7.51. The number of ether oxygens (including phenoxy) is 6. The molecule has 0 saturated heterocycles. The van der Waals surface area contributed by atoms with Gasteiger partial charge in [-0.05, 0) is 87.1 Å². The number of aryl methyl sites for hydroxylation is 1. The van der Waals surface area contributed by atoms with E-state index in [2.05, 4.69) is 6.92 Å². The SMILES string of the molecule is CCCc1c(OCCCCCOc2ccc3ccc(OCC(=O)OCC)cc3c2CCC(=O)OCC)ccc2c1OCCC2=O. The highest BCUT2D eigenvalue weighted by molar-refractivity contribution is 6.00. The number of Topliss-reactive ketones (excluding diaryl/α,β-unsaturated/α-hetero) is 1. The summed E-state index contributed by atoms with van der Waals surface area (Å²) in [5, 5.41) is 1.87. The van der Waals surface area contributed by atoms with Crippen LogP contribution in [-0.4, -0.2) is 57.4 Å². The normalized spacial score (nSPS) is 12.3. The summed E-state index contributed by atoms with van der Waals surface area (Å²) in [6.07, 6.45) is 5.38. The number of hydrogen-bond donors (Lipinski definition) is 0. The molecule has 1 heterocycles. The van der Waals surface area contributed by atoms with Crippen LogP contribution in [0.1, 0.15) is 80.8 Å². The largest absolute Gasteiger partial charge is 0.493 e. The molecule has 0 fully saturated rings. The van der Waals surface area contributed by atoms with Crippen LogP contribution in [0.15, 0.2) is 42.5 Å². The van der Waals surface area contributed by atoms with E-state index in [0.29, 0.717) is 68.7 Å². The van der Waals surface area contributed by atoms with E-state index in [1.807, 2.05) is 36.4 Å². The highest BCUT2D eigenvalue weighted by Crippen LogP contribution is 2.37. The van der Waals surface area contributed by atoms with E-state index < -0.39 is 5.97 Å². The lowest BCUT2D eigenvalue weighted by Crippen LogP contribution is -2.17. The van der Waals surface area contributed by atoms with Crippen molar-refractivity contribution < 1.29 is 42.8 Å². The van der Waals surface area contributed by atoms with Gasteiger partial charge in [0.2, 0.25) is 0 Å². The van der Waals surface area contributed by atoms with Crippen LogP contribution in [0.25, 0.3) is 10.8 Å². The minimum atomic E-state index is -0.433. The van der Waals surface area contributed by atoms with Crippen LogP contribution in [0, 0.1) is 0 Å². The number of carbonyl (C=O) groups excluding carboxylic acids is 3. The summed E-state index contributed by atoms with van der Waals surface area (Å²) in [4.78, 5) is 36.3. The number of fused-ring (bicyclic) bond motifs is 2. The van der Waals surface area contributed by atoms with Crippen LogP contribution in [-0.2, 0) is 31.9 Å². The number of benzene rings is 3. The topological polar surface area (TPSA) is 107 Å². The van der Waals surface area contributed by atoms with Crippen molar-refractivity contribution in [2.24, 2.45) is 0 Å². The summed E-state index contributed by atoms with van der Waals surface area (Å²) in [7, 11) is 0.